The first-order valence-electron chi connectivity index (χ1n) is 10.2. The van der Waals surface area contributed by atoms with Gasteiger partial charge in [-0.1, -0.05) is 18.2 Å². The second-order valence-electron chi connectivity index (χ2n) is 7.47. The van der Waals surface area contributed by atoms with Crippen LogP contribution < -0.4 is 15.5 Å². The Morgan fingerprint density at radius 1 is 0.935 bits per heavy atom. The van der Waals surface area contributed by atoms with Crippen LogP contribution in [0.5, 0.6) is 0 Å². The van der Waals surface area contributed by atoms with Gasteiger partial charge in [0.1, 0.15) is 5.82 Å². The summed E-state index contributed by atoms with van der Waals surface area (Å²) in [6.07, 6.45) is 4.98. The molecule has 1 aliphatic heterocycles. The second kappa shape index (κ2) is 9.38. The van der Waals surface area contributed by atoms with Gasteiger partial charge in [-0.15, -0.1) is 0 Å². The molecule has 2 heterocycles. The van der Waals surface area contributed by atoms with Crippen molar-refractivity contribution < 1.29 is 14.0 Å². The summed E-state index contributed by atoms with van der Waals surface area (Å²) in [5, 5.41) is 5.58. The van der Waals surface area contributed by atoms with Gasteiger partial charge in [-0.25, -0.2) is 4.39 Å². The maximum atomic E-state index is 13.4. The molecule has 0 bridgehead atoms. The van der Waals surface area contributed by atoms with E-state index >= 15 is 0 Å². The van der Waals surface area contributed by atoms with E-state index in [2.05, 4.69) is 20.5 Å². The van der Waals surface area contributed by atoms with Crippen LogP contribution in [-0.4, -0.2) is 29.9 Å². The second-order valence-corrected chi connectivity index (χ2v) is 7.47. The quantitative estimate of drug-likeness (QED) is 0.647. The molecule has 1 aromatic heterocycles. The van der Waals surface area contributed by atoms with Crippen LogP contribution in [0.3, 0.4) is 0 Å². The van der Waals surface area contributed by atoms with Gasteiger partial charge >= 0.3 is 0 Å². The van der Waals surface area contributed by atoms with Crippen molar-refractivity contribution in [3.8, 4) is 0 Å². The van der Waals surface area contributed by atoms with E-state index in [9.17, 15) is 14.0 Å². The lowest BCUT2D eigenvalue weighted by molar-refractivity contribution is -0.120. The van der Waals surface area contributed by atoms with Crippen LogP contribution in [-0.2, 0) is 4.79 Å². The summed E-state index contributed by atoms with van der Waals surface area (Å²) in [4.78, 5) is 31.9. The molecule has 0 unspecified atom stereocenters. The summed E-state index contributed by atoms with van der Waals surface area (Å²) in [5.74, 6) is -1.07. The van der Waals surface area contributed by atoms with Crippen molar-refractivity contribution in [2.24, 2.45) is 5.92 Å². The van der Waals surface area contributed by atoms with Crippen molar-refractivity contribution in [1.82, 2.24) is 4.98 Å². The first-order chi connectivity index (χ1) is 15.1. The van der Waals surface area contributed by atoms with Crippen molar-refractivity contribution in [2.75, 3.05) is 28.6 Å². The van der Waals surface area contributed by atoms with Gasteiger partial charge in [0.05, 0.1) is 11.3 Å². The molecule has 1 fully saturated rings. The fourth-order valence-corrected chi connectivity index (χ4v) is 3.74. The van der Waals surface area contributed by atoms with Crippen LogP contribution in [0.4, 0.5) is 21.5 Å². The zero-order valence-corrected chi connectivity index (χ0v) is 16.9. The molecule has 7 heteroatoms. The van der Waals surface area contributed by atoms with Crippen molar-refractivity contribution in [3.63, 3.8) is 0 Å². The first kappa shape index (κ1) is 20.5. The average molecular weight is 418 g/mol. The summed E-state index contributed by atoms with van der Waals surface area (Å²) < 4.78 is 13.4. The smallest absolute Gasteiger partial charge is 0.257 e. The van der Waals surface area contributed by atoms with Crippen LogP contribution in [0.1, 0.15) is 23.2 Å². The highest BCUT2D eigenvalue weighted by molar-refractivity contribution is 6.10. The first-order valence-corrected chi connectivity index (χ1v) is 10.2. The molecule has 1 aliphatic rings. The number of anilines is 3. The van der Waals surface area contributed by atoms with Crippen LogP contribution >= 0.6 is 0 Å². The Hall–Kier alpha value is -3.74. The molecule has 2 amide bonds. The van der Waals surface area contributed by atoms with Crippen molar-refractivity contribution in [1.29, 1.82) is 0 Å². The monoisotopic (exact) mass is 418 g/mol. The Kier molecular flexibility index (Phi) is 6.21. The molecule has 0 aliphatic carbocycles. The molecule has 31 heavy (non-hydrogen) atoms. The molecule has 0 radical (unpaired) electrons. The van der Waals surface area contributed by atoms with E-state index < -0.39 is 11.7 Å². The molecule has 3 aromatic rings. The van der Waals surface area contributed by atoms with Crippen LogP contribution in [0.15, 0.2) is 73.1 Å². The fraction of sp³-hybridized carbons (Fsp3) is 0.208. The lowest BCUT2D eigenvalue weighted by Crippen LogP contribution is -2.38. The molecule has 158 valence electrons. The number of halogens is 1. The number of amides is 2. The van der Waals surface area contributed by atoms with Gasteiger partial charge in [0, 0.05) is 42.8 Å². The fourth-order valence-electron chi connectivity index (χ4n) is 3.74. The number of aromatic nitrogens is 1. The Bertz CT molecular complexity index is 1070. The number of hydrogen-bond donors (Lipinski definition) is 2. The molecule has 6 nitrogen and oxygen atoms in total. The number of nitrogens with one attached hydrogen (secondary N) is 2. The third-order valence-electron chi connectivity index (χ3n) is 5.41. The Morgan fingerprint density at radius 3 is 2.42 bits per heavy atom. The zero-order valence-electron chi connectivity index (χ0n) is 16.9. The number of carbonyl (C=O) groups is 2. The normalized spacial score (nSPS) is 14.2. The summed E-state index contributed by atoms with van der Waals surface area (Å²) in [6.45, 7) is 1.56. The van der Waals surface area contributed by atoms with Gasteiger partial charge in [-0.05, 0) is 55.3 Å². The minimum absolute atomic E-state index is 0.0969. The highest BCUT2D eigenvalue weighted by atomic mass is 19.1. The number of pyridine rings is 1. The van der Waals surface area contributed by atoms with Crippen LogP contribution in [0.25, 0.3) is 0 Å². The number of carbonyl (C=O) groups excluding carboxylic acids is 2. The van der Waals surface area contributed by atoms with Crippen LogP contribution in [0.2, 0.25) is 0 Å². The number of rotatable bonds is 5. The van der Waals surface area contributed by atoms with Crippen molar-refractivity contribution in [3.05, 3.63) is 84.4 Å². The Labute approximate surface area is 180 Å². The predicted octanol–water partition coefficient (Wildman–Crippen LogP) is 4.33. The number of piperidine rings is 1. The standard InChI is InChI=1S/C24H23FN4O2/c25-18-4-3-5-19(16-18)27-24(31)21-6-1-2-7-22(21)28-23(30)17-10-14-29(15-11-17)20-8-12-26-13-9-20/h1-9,12-13,16-17H,10-11,14-15H2,(H,27,31)(H,28,30). The number of nitrogens with zero attached hydrogens (tertiary/aromatic N) is 2. The van der Waals surface area contributed by atoms with Gasteiger partial charge in [0.15, 0.2) is 0 Å². The molecule has 2 aromatic carbocycles. The predicted molar refractivity (Wildman–Crippen MR) is 119 cm³/mol. The summed E-state index contributed by atoms with van der Waals surface area (Å²) in [6, 6.07) is 16.4. The van der Waals surface area contributed by atoms with Gasteiger partial charge in [0.2, 0.25) is 5.91 Å². The van der Waals surface area contributed by atoms with E-state index in [4.69, 9.17) is 0 Å². The zero-order chi connectivity index (χ0) is 21.6. The van der Waals surface area contributed by atoms with Crippen LogP contribution in [0, 0.1) is 11.7 Å². The molecule has 0 atom stereocenters. The molecule has 2 N–H and O–H groups in total. The topological polar surface area (TPSA) is 74.3 Å². The molecule has 0 spiro atoms. The minimum atomic E-state index is -0.433. The van der Waals surface area contributed by atoms with E-state index in [0.29, 0.717) is 16.9 Å². The summed E-state index contributed by atoms with van der Waals surface area (Å²) in [7, 11) is 0. The van der Waals surface area contributed by atoms with E-state index in [-0.39, 0.29) is 11.8 Å². The third kappa shape index (κ3) is 5.06. The van der Waals surface area contributed by atoms with Crippen molar-refractivity contribution in [2.45, 2.75) is 12.8 Å². The van der Waals surface area contributed by atoms with Gasteiger partial charge < -0.3 is 15.5 Å². The SMILES string of the molecule is O=C(Nc1cccc(F)c1)c1ccccc1NC(=O)C1CCN(c2ccncc2)CC1. The number of hydrogen-bond acceptors (Lipinski definition) is 4. The number of para-hydroxylation sites is 1. The van der Waals surface area contributed by atoms with Gasteiger partial charge in [-0.3, -0.25) is 14.6 Å². The largest absolute Gasteiger partial charge is 0.371 e. The maximum absolute atomic E-state index is 13.4. The van der Waals surface area contributed by atoms with Crippen molar-refractivity contribution >= 4 is 28.9 Å². The van der Waals surface area contributed by atoms with Gasteiger partial charge in [0.25, 0.3) is 5.91 Å². The molecule has 0 saturated carbocycles. The minimum Gasteiger partial charge on any atom is -0.371 e. The molecular formula is C24H23FN4O2. The Balaban J connectivity index is 1.39. The van der Waals surface area contributed by atoms with E-state index in [1.807, 2.05) is 12.1 Å². The average Bonchev–Trinajstić information content (AvgIpc) is 2.80. The lowest BCUT2D eigenvalue weighted by Gasteiger charge is -2.33. The third-order valence-corrected chi connectivity index (χ3v) is 5.41. The maximum Gasteiger partial charge on any atom is 0.257 e. The highest BCUT2D eigenvalue weighted by Gasteiger charge is 2.26. The number of benzene rings is 2. The van der Waals surface area contributed by atoms with E-state index in [1.54, 1.807) is 42.7 Å². The Morgan fingerprint density at radius 2 is 1.68 bits per heavy atom. The van der Waals surface area contributed by atoms with Gasteiger partial charge in [-0.2, -0.15) is 0 Å². The highest BCUT2D eigenvalue weighted by Crippen LogP contribution is 2.25. The molecule has 4 rings (SSSR count). The molecular weight excluding hydrogens is 395 g/mol. The molecule has 1 saturated heterocycles. The summed E-state index contributed by atoms with van der Waals surface area (Å²) in [5.41, 5.74) is 2.23. The lowest BCUT2D eigenvalue weighted by atomic mass is 9.95. The summed E-state index contributed by atoms with van der Waals surface area (Å²) >= 11 is 0. The van der Waals surface area contributed by atoms with E-state index in [0.717, 1.165) is 31.6 Å². The van der Waals surface area contributed by atoms with E-state index in [1.165, 1.54) is 18.2 Å².